The molecule has 2 aromatic rings. The van der Waals surface area contributed by atoms with E-state index in [9.17, 15) is 4.79 Å². The second-order valence-electron chi connectivity index (χ2n) is 4.90. The Morgan fingerprint density at radius 2 is 2.21 bits per heavy atom. The molecule has 1 aliphatic carbocycles. The lowest BCUT2D eigenvalue weighted by Gasteiger charge is -2.30. The summed E-state index contributed by atoms with van der Waals surface area (Å²) in [5.74, 6) is 0.505. The Labute approximate surface area is 115 Å². The second-order valence-corrected chi connectivity index (χ2v) is 5.82. The van der Waals surface area contributed by atoms with Gasteiger partial charge in [-0.1, -0.05) is 12.8 Å². The zero-order valence-electron chi connectivity index (χ0n) is 10.5. The predicted molar refractivity (Wildman–Crippen MR) is 76.0 cm³/mol. The molecule has 2 atom stereocenters. The first kappa shape index (κ1) is 12.3. The van der Waals surface area contributed by atoms with E-state index in [1.54, 1.807) is 17.7 Å². The summed E-state index contributed by atoms with van der Waals surface area (Å²) >= 11 is 1.61. The average molecular weight is 276 g/mol. The molecule has 5 nitrogen and oxygen atoms in total. The van der Waals surface area contributed by atoms with Gasteiger partial charge in [-0.2, -0.15) is 0 Å². The van der Waals surface area contributed by atoms with E-state index in [1.165, 1.54) is 0 Å². The lowest BCUT2D eigenvalue weighted by molar-refractivity contribution is -0.122. The SMILES string of the molecule is NC(=O)C1CCCCC1Nc1ncnc2ccsc12. The number of aromatic nitrogens is 2. The summed E-state index contributed by atoms with van der Waals surface area (Å²) < 4.78 is 1.04. The van der Waals surface area contributed by atoms with E-state index >= 15 is 0 Å². The lowest BCUT2D eigenvalue weighted by atomic mass is 9.84. The van der Waals surface area contributed by atoms with Crippen LogP contribution in [0.4, 0.5) is 5.82 Å². The largest absolute Gasteiger partial charge is 0.369 e. The zero-order valence-corrected chi connectivity index (χ0v) is 11.3. The molecule has 0 radical (unpaired) electrons. The quantitative estimate of drug-likeness (QED) is 0.900. The third-order valence-electron chi connectivity index (χ3n) is 3.70. The molecule has 1 aliphatic rings. The van der Waals surface area contributed by atoms with Crippen LogP contribution in [0.5, 0.6) is 0 Å². The summed E-state index contributed by atoms with van der Waals surface area (Å²) in [6.45, 7) is 0. The van der Waals surface area contributed by atoms with Crippen molar-refractivity contribution in [3.63, 3.8) is 0 Å². The molecule has 0 aliphatic heterocycles. The van der Waals surface area contributed by atoms with Crippen LogP contribution >= 0.6 is 11.3 Å². The number of nitrogens with zero attached hydrogens (tertiary/aromatic N) is 2. The first-order chi connectivity index (χ1) is 9.25. The van der Waals surface area contributed by atoms with Gasteiger partial charge in [0.15, 0.2) is 0 Å². The van der Waals surface area contributed by atoms with Crippen molar-refractivity contribution in [2.24, 2.45) is 11.7 Å². The minimum atomic E-state index is -0.214. The lowest BCUT2D eigenvalue weighted by Crippen LogP contribution is -2.40. The van der Waals surface area contributed by atoms with Gasteiger partial charge in [0.2, 0.25) is 5.91 Å². The molecule has 1 saturated carbocycles. The van der Waals surface area contributed by atoms with E-state index in [-0.39, 0.29) is 17.9 Å². The molecule has 0 spiro atoms. The van der Waals surface area contributed by atoms with Crippen LogP contribution in [0.15, 0.2) is 17.8 Å². The highest BCUT2D eigenvalue weighted by atomic mass is 32.1. The second kappa shape index (κ2) is 5.13. The van der Waals surface area contributed by atoms with Gasteiger partial charge < -0.3 is 11.1 Å². The van der Waals surface area contributed by atoms with Crippen LogP contribution in [-0.2, 0) is 4.79 Å². The maximum Gasteiger partial charge on any atom is 0.222 e. The highest BCUT2D eigenvalue weighted by molar-refractivity contribution is 7.17. The number of amides is 1. The van der Waals surface area contributed by atoms with Crippen molar-refractivity contribution in [1.82, 2.24) is 9.97 Å². The molecule has 19 heavy (non-hydrogen) atoms. The number of hydrogen-bond donors (Lipinski definition) is 2. The molecular formula is C13H16N4OS. The number of nitrogens with two attached hydrogens (primary N) is 1. The van der Waals surface area contributed by atoms with Crippen molar-refractivity contribution in [3.05, 3.63) is 17.8 Å². The van der Waals surface area contributed by atoms with Crippen LogP contribution in [0.3, 0.4) is 0 Å². The fraction of sp³-hybridized carbons (Fsp3) is 0.462. The molecule has 6 heteroatoms. The number of thiophene rings is 1. The smallest absolute Gasteiger partial charge is 0.222 e. The standard InChI is InChI=1S/C13H16N4OS/c14-12(18)8-3-1-2-4-9(8)17-13-11-10(5-6-19-11)15-7-16-13/h5-9H,1-4H2,(H2,14,18)(H,15,16,17). The highest BCUT2D eigenvalue weighted by Gasteiger charge is 2.29. The van der Waals surface area contributed by atoms with E-state index in [1.807, 2.05) is 11.4 Å². The Morgan fingerprint density at radius 3 is 3.05 bits per heavy atom. The predicted octanol–water partition coefficient (Wildman–Crippen LogP) is 2.15. The van der Waals surface area contributed by atoms with Crippen LogP contribution in [-0.4, -0.2) is 21.9 Å². The first-order valence-electron chi connectivity index (χ1n) is 6.50. The van der Waals surface area contributed by atoms with E-state index in [0.29, 0.717) is 0 Å². The van der Waals surface area contributed by atoms with Crippen molar-refractivity contribution in [1.29, 1.82) is 0 Å². The minimum absolute atomic E-state index is 0.0893. The molecule has 2 heterocycles. The van der Waals surface area contributed by atoms with Gasteiger partial charge in [-0.05, 0) is 24.3 Å². The molecule has 1 amide bonds. The number of primary amides is 1. The number of carbonyl (C=O) groups excluding carboxylic acids is 1. The van der Waals surface area contributed by atoms with Crippen LogP contribution in [0, 0.1) is 5.92 Å². The van der Waals surface area contributed by atoms with Gasteiger partial charge in [0.25, 0.3) is 0 Å². The van der Waals surface area contributed by atoms with Gasteiger partial charge in [-0.3, -0.25) is 4.79 Å². The number of anilines is 1. The summed E-state index contributed by atoms with van der Waals surface area (Å²) in [6, 6.07) is 2.06. The van der Waals surface area contributed by atoms with Gasteiger partial charge in [0.05, 0.1) is 16.1 Å². The number of carbonyl (C=O) groups is 1. The van der Waals surface area contributed by atoms with E-state index < -0.39 is 0 Å². The zero-order chi connectivity index (χ0) is 13.2. The van der Waals surface area contributed by atoms with Gasteiger partial charge in [0, 0.05) is 6.04 Å². The molecule has 0 aromatic carbocycles. The van der Waals surface area contributed by atoms with Crippen molar-refractivity contribution in [3.8, 4) is 0 Å². The molecular weight excluding hydrogens is 260 g/mol. The van der Waals surface area contributed by atoms with E-state index in [4.69, 9.17) is 5.73 Å². The van der Waals surface area contributed by atoms with E-state index in [2.05, 4.69) is 15.3 Å². The molecule has 3 N–H and O–H groups in total. The molecule has 0 bridgehead atoms. The Morgan fingerprint density at radius 1 is 1.37 bits per heavy atom. The fourth-order valence-electron chi connectivity index (χ4n) is 2.71. The number of hydrogen-bond acceptors (Lipinski definition) is 5. The Kier molecular flexibility index (Phi) is 3.33. The third kappa shape index (κ3) is 2.40. The summed E-state index contributed by atoms with van der Waals surface area (Å²) in [5, 5.41) is 5.40. The molecule has 2 aromatic heterocycles. The van der Waals surface area contributed by atoms with Gasteiger partial charge in [0.1, 0.15) is 12.1 Å². The average Bonchev–Trinajstić information content (AvgIpc) is 2.88. The summed E-state index contributed by atoms with van der Waals surface area (Å²) in [6.07, 6.45) is 5.58. The van der Waals surface area contributed by atoms with Gasteiger partial charge in [-0.25, -0.2) is 9.97 Å². The number of nitrogens with one attached hydrogen (secondary N) is 1. The van der Waals surface area contributed by atoms with Gasteiger partial charge in [-0.15, -0.1) is 11.3 Å². The minimum Gasteiger partial charge on any atom is -0.369 e. The monoisotopic (exact) mass is 276 g/mol. The molecule has 3 rings (SSSR count). The maximum absolute atomic E-state index is 11.5. The van der Waals surface area contributed by atoms with Crippen LogP contribution in [0.2, 0.25) is 0 Å². The molecule has 2 unspecified atom stereocenters. The maximum atomic E-state index is 11.5. The Balaban J connectivity index is 1.87. The summed E-state index contributed by atoms with van der Waals surface area (Å²) in [4.78, 5) is 20.0. The van der Waals surface area contributed by atoms with Crippen molar-refractivity contribution < 1.29 is 4.79 Å². The Bertz CT molecular complexity index is 597. The van der Waals surface area contributed by atoms with Crippen LogP contribution < -0.4 is 11.1 Å². The van der Waals surface area contributed by atoms with Crippen molar-refractivity contribution >= 4 is 33.3 Å². The fourth-order valence-corrected chi connectivity index (χ4v) is 3.51. The normalized spacial score (nSPS) is 23.4. The van der Waals surface area contributed by atoms with Crippen LogP contribution in [0.25, 0.3) is 10.2 Å². The number of rotatable bonds is 3. The van der Waals surface area contributed by atoms with Crippen LogP contribution in [0.1, 0.15) is 25.7 Å². The first-order valence-corrected chi connectivity index (χ1v) is 7.38. The van der Waals surface area contributed by atoms with Gasteiger partial charge >= 0.3 is 0 Å². The summed E-state index contributed by atoms with van der Waals surface area (Å²) in [7, 11) is 0. The summed E-state index contributed by atoms with van der Waals surface area (Å²) in [5.41, 5.74) is 6.43. The van der Waals surface area contributed by atoms with Crippen molar-refractivity contribution in [2.45, 2.75) is 31.7 Å². The van der Waals surface area contributed by atoms with E-state index in [0.717, 1.165) is 41.7 Å². The van der Waals surface area contributed by atoms with Crippen molar-refractivity contribution in [2.75, 3.05) is 5.32 Å². The highest BCUT2D eigenvalue weighted by Crippen LogP contribution is 2.30. The topological polar surface area (TPSA) is 80.9 Å². The Hall–Kier alpha value is -1.69. The third-order valence-corrected chi connectivity index (χ3v) is 4.61. The number of fused-ring (bicyclic) bond motifs is 1. The molecule has 0 saturated heterocycles. The molecule has 1 fully saturated rings. The molecule has 100 valence electrons.